The predicted octanol–water partition coefficient (Wildman–Crippen LogP) is 6.77. The van der Waals surface area contributed by atoms with Gasteiger partial charge in [0.15, 0.2) is 0 Å². The van der Waals surface area contributed by atoms with E-state index < -0.39 is 29.8 Å². The van der Waals surface area contributed by atoms with E-state index in [4.69, 9.17) is 33.2 Å². The van der Waals surface area contributed by atoms with E-state index in [1.54, 1.807) is 0 Å². The lowest BCUT2D eigenvalue weighted by atomic mass is 10.1. The van der Waals surface area contributed by atoms with Crippen molar-refractivity contribution in [1.82, 2.24) is 0 Å². The van der Waals surface area contributed by atoms with Gasteiger partial charge in [0.1, 0.15) is 28.6 Å². The Hall–Kier alpha value is -5.91. The Labute approximate surface area is 284 Å². The molecule has 258 valence electrons. The molecule has 0 unspecified atom stereocenters. The molecular formula is C37H38O12. The van der Waals surface area contributed by atoms with Gasteiger partial charge >= 0.3 is 29.8 Å². The van der Waals surface area contributed by atoms with Gasteiger partial charge in [-0.1, -0.05) is 39.3 Å². The first-order chi connectivity index (χ1) is 23.5. The SMILES string of the molecule is C=C(C)C(=O)OCOc1ccc(C(=O)Oc2ccc(OC(=O)c3ccc(OCOC(=O)C(=C)C)cc3)c(C(=O)OCCCCCC)c2)cc1. The van der Waals surface area contributed by atoms with Crippen LogP contribution in [0.2, 0.25) is 0 Å². The Bertz CT molecular complexity index is 1660. The number of hydrogen-bond donors (Lipinski definition) is 0. The van der Waals surface area contributed by atoms with Crippen molar-refractivity contribution >= 4 is 29.8 Å². The van der Waals surface area contributed by atoms with Crippen molar-refractivity contribution in [3.05, 3.63) is 108 Å². The molecule has 49 heavy (non-hydrogen) atoms. The maximum atomic E-state index is 13.1. The molecular weight excluding hydrogens is 636 g/mol. The topological polar surface area (TPSA) is 150 Å². The summed E-state index contributed by atoms with van der Waals surface area (Å²) in [7, 11) is 0. The number of ether oxygens (including phenoxy) is 7. The zero-order valence-electron chi connectivity index (χ0n) is 27.6. The number of unbranched alkanes of at least 4 members (excludes halogenated alkanes) is 3. The number of carbonyl (C=O) groups excluding carboxylic acids is 5. The van der Waals surface area contributed by atoms with Gasteiger partial charge in [0.25, 0.3) is 0 Å². The summed E-state index contributed by atoms with van der Waals surface area (Å²) in [6, 6.07) is 15.7. The fraction of sp³-hybridized carbons (Fsp3) is 0.270. The molecule has 0 N–H and O–H groups in total. The lowest BCUT2D eigenvalue weighted by molar-refractivity contribution is -0.146. The summed E-state index contributed by atoms with van der Waals surface area (Å²) in [5.74, 6) is -2.91. The second-order valence-electron chi connectivity index (χ2n) is 10.6. The van der Waals surface area contributed by atoms with Gasteiger partial charge in [-0.05, 0) is 87.0 Å². The van der Waals surface area contributed by atoms with Crippen molar-refractivity contribution in [1.29, 1.82) is 0 Å². The molecule has 0 atom stereocenters. The van der Waals surface area contributed by atoms with E-state index in [9.17, 15) is 24.0 Å². The molecule has 3 aromatic rings. The summed E-state index contributed by atoms with van der Waals surface area (Å²) >= 11 is 0. The van der Waals surface area contributed by atoms with E-state index in [0.29, 0.717) is 17.9 Å². The van der Waals surface area contributed by atoms with E-state index >= 15 is 0 Å². The second-order valence-corrected chi connectivity index (χ2v) is 10.6. The van der Waals surface area contributed by atoms with E-state index in [-0.39, 0.29) is 59.5 Å². The summed E-state index contributed by atoms with van der Waals surface area (Å²) in [6.45, 7) is 11.5. The molecule has 0 heterocycles. The molecule has 12 heteroatoms. The number of rotatable bonds is 18. The summed E-state index contributed by atoms with van der Waals surface area (Å²) in [6.07, 6.45) is 3.53. The van der Waals surface area contributed by atoms with Crippen molar-refractivity contribution in [3.63, 3.8) is 0 Å². The highest BCUT2D eigenvalue weighted by atomic mass is 16.7. The Morgan fingerprint density at radius 3 is 1.55 bits per heavy atom. The van der Waals surface area contributed by atoms with Gasteiger partial charge < -0.3 is 33.2 Å². The molecule has 0 aromatic heterocycles. The molecule has 0 saturated carbocycles. The van der Waals surface area contributed by atoms with Crippen LogP contribution in [0.5, 0.6) is 23.0 Å². The van der Waals surface area contributed by atoms with Crippen LogP contribution in [0.25, 0.3) is 0 Å². The Balaban J connectivity index is 1.70. The third kappa shape index (κ3) is 12.3. The first-order valence-corrected chi connectivity index (χ1v) is 15.3. The lowest BCUT2D eigenvalue weighted by Gasteiger charge is -2.13. The number of carbonyl (C=O) groups is 5. The van der Waals surface area contributed by atoms with Gasteiger partial charge in [-0.25, -0.2) is 24.0 Å². The van der Waals surface area contributed by atoms with Crippen molar-refractivity contribution in [3.8, 4) is 23.0 Å². The smallest absolute Gasteiger partial charge is 0.343 e. The minimum absolute atomic E-state index is 0.00335. The number of benzene rings is 3. The molecule has 3 aromatic carbocycles. The fourth-order valence-electron chi connectivity index (χ4n) is 3.84. The van der Waals surface area contributed by atoms with Crippen LogP contribution in [0.1, 0.15) is 77.5 Å². The highest BCUT2D eigenvalue weighted by Crippen LogP contribution is 2.27. The van der Waals surface area contributed by atoms with Gasteiger partial charge in [-0.15, -0.1) is 0 Å². The van der Waals surface area contributed by atoms with Crippen LogP contribution in [0.4, 0.5) is 0 Å². The highest BCUT2D eigenvalue weighted by molar-refractivity contribution is 5.97. The average Bonchev–Trinajstić information content (AvgIpc) is 3.09. The van der Waals surface area contributed by atoms with Crippen LogP contribution in [-0.4, -0.2) is 50.0 Å². The van der Waals surface area contributed by atoms with E-state index in [1.165, 1.54) is 80.6 Å². The molecule has 12 nitrogen and oxygen atoms in total. The molecule has 0 fully saturated rings. The Morgan fingerprint density at radius 1 is 0.571 bits per heavy atom. The normalized spacial score (nSPS) is 10.3. The molecule has 0 aliphatic carbocycles. The standard InChI is InChI=1S/C37H38O12/c1-6-7-8-9-20-43-37(42)31-21-30(48-35(40)26-10-14-28(15-11-26)44-22-46-33(38)24(2)3)18-19-32(31)49-36(41)27-12-16-29(17-13-27)45-23-47-34(39)25(4)5/h10-19,21H,2,4,6-9,20,22-23H2,1,3,5H3. The monoisotopic (exact) mass is 674 g/mol. The first-order valence-electron chi connectivity index (χ1n) is 15.3. The summed E-state index contributed by atoms with van der Waals surface area (Å²) in [4.78, 5) is 62.0. The van der Waals surface area contributed by atoms with Gasteiger partial charge in [-0.3, -0.25) is 0 Å². The van der Waals surface area contributed by atoms with Crippen LogP contribution in [0, 0.1) is 0 Å². The molecule has 0 radical (unpaired) electrons. The maximum Gasteiger partial charge on any atom is 0.343 e. The largest absolute Gasteiger partial charge is 0.462 e. The van der Waals surface area contributed by atoms with Crippen LogP contribution in [0.3, 0.4) is 0 Å². The Morgan fingerprint density at radius 2 is 1.06 bits per heavy atom. The summed E-state index contributed by atoms with van der Waals surface area (Å²) in [5.41, 5.74) is 0.647. The summed E-state index contributed by atoms with van der Waals surface area (Å²) < 4.78 is 36.9. The molecule has 0 saturated heterocycles. The Kier molecular flexibility index (Phi) is 14.6. The molecule has 0 spiro atoms. The predicted molar refractivity (Wildman–Crippen MR) is 176 cm³/mol. The maximum absolute atomic E-state index is 13.1. The zero-order valence-corrected chi connectivity index (χ0v) is 27.6. The van der Waals surface area contributed by atoms with Crippen LogP contribution in [-0.2, 0) is 23.8 Å². The quantitative estimate of drug-likeness (QED) is 0.0350. The minimum Gasteiger partial charge on any atom is -0.462 e. The van der Waals surface area contributed by atoms with Crippen molar-refractivity contribution in [2.45, 2.75) is 46.5 Å². The third-order valence-corrected chi connectivity index (χ3v) is 6.52. The zero-order chi connectivity index (χ0) is 35.8. The molecule has 0 amide bonds. The van der Waals surface area contributed by atoms with Gasteiger partial charge in [0, 0.05) is 11.1 Å². The van der Waals surface area contributed by atoms with Gasteiger partial charge in [-0.2, -0.15) is 0 Å². The van der Waals surface area contributed by atoms with Crippen LogP contribution in [0.15, 0.2) is 91.0 Å². The minimum atomic E-state index is -0.779. The van der Waals surface area contributed by atoms with Crippen molar-refractivity contribution in [2.75, 3.05) is 20.2 Å². The number of esters is 5. The van der Waals surface area contributed by atoms with Crippen molar-refractivity contribution in [2.24, 2.45) is 0 Å². The second kappa shape index (κ2) is 19.0. The third-order valence-electron chi connectivity index (χ3n) is 6.52. The van der Waals surface area contributed by atoms with Crippen molar-refractivity contribution < 1.29 is 57.1 Å². The highest BCUT2D eigenvalue weighted by Gasteiger charge is 2.21. The number of hydrogen-bond acceptors (Lipinski definition) is 12. The fourth-order valence-corrected chi connectivity index (χ4v) is 3.84. The van der Waals surface area contributed by atoms with Gasteiger partial charge in [0.05, 0.1) is 17.7 Å². The first kappa shape index (κ1) is 37.5. The summed E-state index contributed by atoms with van der Waals surface area (Å²) in [5, 5.41) is 0. The molecule has 0 aliphatic heterocycles. The van der Waals surface area contributed by atoms with Gasteiger partial charge in [0.2, 0.25) is 13.6 Å². The van der Waals surface area contributed by atoms with Crippen LogP contribution >= 0.6 is 0 Å². The van der Waals surface area contributed by atoms with E-state index in [2.05, 4.69) is 20.1 Å². The van der Waals surface area contributed by atoms with E-state index in [1.807, 2.05) is 0 Å². The van der Waals surface area contributed by atoms with Crippen LogP contribution < -0.4 is 18.9 Å². The molecule has 3 rings (SSSR count). The average molecular weight is 675 g/mol. The lowest BCUT2D eigenvalue weighted by Crippen LogP contribution is -2.15. The molecule has 0 aliphatic rings. The molecule has 0 bridgehead atoms. The van der Waals surface area contributed by atoms with E-state index in [0.717, 1.165) is 19.3 Å².